The monoisotopic (exact) mass is 558 g/mol. The molecule has 0 heterocycles. The number of hydrogen-bond donors (Lipinski definition) is 2. The first-order valence-electron chi connectivity index (χ1n) is 14.0. The fraction of sp³-hybridized carbons (Fsp3) is 0.677. The highest BCUT2D eigenvalue weighted by Crippen LogP contribution is 2.77. The maximum absolute atomic E-state index is 13.3. The van der Waals surface area contributed by atoms with Crippen molar-refractivity contribution in [3.05, 3.63) is 34.9 Å². The molecule has 2 saturated carbocycles. The number of allylic oxidation sites excluding steroid dienone is 1. The van der Waals surface area contributed by atoms with Crippen LogP contribution in [-0.2, 0) is 33.4 Å². The molecule has 4 rings (SSSR count). The zero-order valence-electron chi connectivity index (χ0n) is 24.7. The molecule has 40 heavy (non-hydrogen) atoms. The van der Waals surface area contributed by atoms with Gasteiger partial charge in [-0.25, -0.2) is 4.79 Å². The van der Waals surface area contributed by atoms with E-state index >= 15 is 0 Å². The molecule has 0 amide bonds. The second-order valence-corrected chi connectivity index (χ2v) is 12.8. The highest BCUT2D eigenvalue weighted by atomic mass is 16.6. The lowest BCUT2D eigenvalue weighted by Crippen LogP contribution is -2.61. The van der Waals surface area contributed by atoms with Crippen LogP contribution in [0, 0.1) is 35.0 Å². The van der Waals surface area contributed by atoms with Gasteiger partial charge in [0.1, 0.15) is 24.4 Å². The smallest absolute Gasteiger partial charge is 0.333 e. The molecule has 9 nitrogen and oxygen atoms in total. The maximum atomic E-state index is 13.3. The van der Waals surface area contributed by atoms with Gasteiger partial charge in [0.2, 0.25) is 0 Å². The number of rotatable bonds is 7. The van der Waals surface area contributed by atoms with Crippen LogP contribution in [0.2, 0.25) is 0 Å². The molecule has 0 aromatic carbocycles. The van der Waals surface area contributed by atoms with Crippen LogP contribution in [0.25, 0.3) is 0 Å². The lowest BCUT2D eigenvalue weighted by Gasteiger charge is -2.50. The van der Waals surface area contributed by atoms with Crippen molar-refractivity contribution in [2.45, 2.75) is 85.0 Å². The van der Waals surface area contributed by atoms with E-state index in [4.69, 9.17) is 14.2 Å². The third kappa shape index (κ3) is 4.28. The standard InChI is InChI=1S/C31H42O9/c1-9-17(4)27(35)40-30-12-19(6)31(37)22(24(30)28(30,8)15-39-26(34)16(2)3)11-21(14-38-20(7)32)13-29(36)23(31)10-18(5)25(29)33/h9-11,16,19,22-24,36-37H,12-15H2,1-8H3/b17-9+/t19-,22+,23-,24-,28-,29-,30+,31-/m1/s1. The molecule has 0 bridgehead atoms. The predicted molar refractivity (Wildman–Crippen MR) is 144 cm³/mol. The Labute approximate surface area is 235 Å². The molecule has 0 aliphatic heterocycles. The number of fused-ring (bicyclic) bond motifs is 5. The Bertz CT molecular complexity index is 1230. The summed E-state index contributed by atoms with van der Waals surface area (Å²) < 4.78 is 17.3. The lowest BCUT2D eigenvalue weighted by atomic mass is 9.60. The summed E-state index contributed by atoms with van der Waals surface area (Å²) in [5.41, 5.74) is -4.18. The highest BCUT2D eigenvalue weighted by Gasteiger charge is 2.85. The summed E-state index contributed by atoms with van der Waals surface area (Å²) in [6.07, 6.45) is 5.23. The molecular formula is C31H42O9. The SMILES string of the molecule is C/C=C(\C)C(=O)O[C@@]12C[C@@H](C)[C@@]3(O)[C@@H](C=C(COC(C)=O)C[C@]4(O)C(=O)C(C)=C[C@@H]34)[C@@H]1[C@@]2(C)COC(=O)C(C)C. The van der Waals surface area contributed by atoms with E-state index < -0.39 is 63.6 Å². The number of carbonyl (C=O) groups excluding carboxylic acids is 4. The molecule has 8 atom stereocenters. The van der Waals surface area contributed by atoms with Crippen LogP contribution in [0.15, 0.2) is 34.9 Å². The van der Waals surface area contributed by atoms with Crippen LogP contribution in [0.4, 0.5) is 0 Å². The largest absolute Gasteiger partial charge is 0.465 e. The summed E-state index contributed by atoms with van der Waals surface area (Å²) in [6, 6.07) is 0. The average molecular weight is 559 g/mol. The molecular weight excluding hydrogens is 516 g/mol. The summed E-state index contributed by atoms with van der Waals surface area (Å²) in [4.78, 5) is 50.7. The second-order valence-electron chi connectivity index (χ2n) is 12.8. The Morgan fingerprint density at radius 1 is 1.15 bits per heavy atom. The van der Waals surface area contributed by atoms with E-state index in [9.17, 15) is 29.4 Å². The van der Waals surface area contributed by atoms with E-state index in [0.29, 0.717) is 16.7 Å². The Morgan fingerprint density at radius 3 is 2.38 bits per heavy atom. The van der Waals surface area contributed by atoms with Crippen molar-refractivity contribution in [3.8, 4) is 0 Å². The molecule has 0 saturated heterocycles. The first-order valence-corrected chi connectivity index (χ1v) is 14.0. The van der Waals surface area contributed by atoms with Gasteiger partial charge in [-0.05, 0) is 44.3 Å². The molecule has 0 unspecified atom stereocenters. The van der Waals surface area contributed by atoms with Crippen molar-refractivity contribution in [2.75, 3.05) is 13.2 Å². The minimum absolute atomic E-state index is 0.0357. The van der Waals surface area contributed by atoms with Crippen LogP contribution in [0.3, 0.4) is 0 Å². The van der Waals surface area contributed by atoms with E-state index in [2.05, 4.69) is 0 Å². The van der Waals surface area contributed by atoms with Gasteiger partial charge in [0.15, 0.2) is 5.78 Å². The Kier molecular flexibility index (Phi) is 7.50. The lowest BCUT2D eigenvalue weighted by molar-refractivity contribution is -0.185. The topological polar surface area (TPSA) is 136 Å². The molecule has 2 N–H and O–H groups in total. The number of ether oxygens (including phenoxy) is 3. The molecule has 0 aromatic rings. The van der Waals surface area contributed by atoms with Gasteiger partial charge in [-0.1, -0.05) is 45.9 Å². The normalized spacial score (nSPS) is 40.2. The van der Waals surface area contributed by atoms with E-state index in [0.717, 1.165) is 0 Å². The van der Waals surface area contributed by atoms with Gasteiger partial charge < -0.3 is 24.4 Å². The van der Waals surface area contributed by atoms with Crippen LogP contribution in [0.5, 0.6) is 0 Å². The van der Waals surface area contributed by atoms with Crippen LogP contribution in [-0.4, -0.2) is 63.9 Å². The summed E-state index contributed by atoms with van der Waals surface area (Å²) in [5.74, 6) is -4.92. The molecule has 220 valence electrons. The van der Waals surface area contributed by atoms with Crippen molar-refractivity contribution >= 4 is 23.7 Å². The molecule has 0 radical (unpaired) electrons. The van der Waals surface area contributed by atoms with Gasteiger partial charge in [-0.15, -0.1) is 0 Å². The third-order valence-corrected chi connectivity index (χ3v) is 9.93. The third-order valence-electron chi connectivity index (χ3n) is 9.93. The van der Waals surface area contributed by atoms with E-state index in [1.54, 1.807) is 52.8 Å². The van der Waals surface area contributed by atoms with Crippen LogP contribution >= 0.6 is 0 Å². The van der Waals surface area contributed by atoms with Crippen molar-refractivity contribution in [2.24, 2.45) is 35.0 Å². The van der Waals surface area contributed by atoms with E-state index in [1.165, 1.54) is 6.92 Å². The van der Waals surface area contributed by atoms with E-state index in [1.807, 2.05) is 13.8 Å². The van der Waals surface area contributed by atoms with E-state index in [-0.39, 0.29) is 37.9 Å². The number of hydrogen-bond acceptors (Lipinski definition) is 9. The molecule has 0 spiro atoms. The number of carbonyl (C=O) groups is 4. The average Bonchev–Trinajstić information content (AvgIpc) is 3.33. The zero-order valence-corrected chi connectivity index (χ0v) is 24.7. The molecule has 9 heteroatoms. The molecule has 4 aliphatic carbocycles. The Balaban J connectivity index is 1.87. The fourth-order valence-corrected chi connectivity index (χ4v) is 7.56. The van der Waals surface area contributed by atoms with Crippen LogP contribution in [0.1, 0.15) is 68.2 Å². The van der Waals surface area contributed by atoms with Crippen molar-refractivity contribution in [3.63, 3.8) is 0 Å². The first-order chi connectivity index (χ1) is 18.5. The van der Waals surface area contributed by atoms with Gasteiger partial charge in [-0.3, -0.25) is 14.4 Å². The fourth-order valence-electron chi connectivity index (χ4n) is 7.56. The van der Waals surface area contributed by atoms with Crippen molar-refractivity contribution in [1.82, 2.24) is 0 Å². The Morgan fingerprint density at radius 2 is 1.80 bits per heavy atom. The quantitative estimate of drug-likeness (QED) is 0.209. The van der Waals surface area contributed by atoms with Gasteiger partial charge in [0, 0.05) is 42.1 Å². The van der Waals surface area contributed by atoms with Gasteiger partial charge in [0.25, 0.3) is 0 Å². The van der Waals surface area contributed by atoms with Gasteiger partial charge in [-0.2, -0.15) is 0 Å². The predicted octanol–water partition coefficient (Wildman–Crippen LogP) is 3.23. The van der Waals surface area contributed by atoms with Gasteiger partial charge in [0.05, 0.1) is 11.5 Å². The molecule has 0 aromatic heterocycles. The van der Waals surface area contributed by atoms with Crippen molar-refractivity contribution in [1.29, 1.82) is 0 Å². The minimum Gasteiger partial charge on any atom is -0.465 e. The number of ketones is 1. The summed E-state index contributed by atoms with van der Waals surface area (Å²) in [7, 11) is 0. The number of Topliss-reactive ketones (excluding diaryl/α,β-unsaturated/α-hetero) is 1. The molecule has 2 fully saturated rings. The number of aliphatic hydroxyl groups is 2. The van der Waals surface area contributed by atoms with Crippen LogP contribution < -0.4 is 0 Å². The number of esters is 3. The minimum atomic E-state index is -1.92. The summed E-state index contributed by atoms with van der Waals surface area (Å²) in [6.45, 7) is 13.3. The summed E-state index contributed by atoms with van der Waals surface area (Å²) in [5, 5.41) is 24.5. The first kappa shape index (κ1) is 30.2. The summed E-state index contributed by atoms with van der Waals surface area (Å²) >= 11 is 0. The molecule has 4 aliphatic rings. The zero-order chi connectivity index (χ0) is 30.0. The highest BCUT2D eigenvalue weighted by molar-refractivity contribution is 6.04. The Hall–Kier alpha value is -2.78. The maximum Gasteiger partial charge on any atom is 0.333 e. The van der Waals surface area contributed by atoms with Gasteiger partial charge >= 0.3 is 17.9 Å². The van der Waals surface area contributed by atoms with Crippen molar-refractivity contribution < 1.29 is 43.6 Å². The second kappa shape index (κ2) is 9.94.